The molecule has 0 bridgehead atoms. The third-order valence-corrected chi connectivity index (χ3v) is 5.53. The summed E-state index contributed by atoms with van der Waals surface area (Å²) in [5, 5.41) is 8.45. The second kappa shape index (κ2) is 7.71. The largest absolute Gasteiger partial charge is 0.347 e. The summed E-state index contributed by atoms with van der Waals surface area (Å²) in [5.41, 5.74) is 8.30. The number of nitrogens with one attached hydrogen (secondary N) is 2. The van der Waals surface area contributed by atoms with E-state index >= 15 is 0 Å². The van der Waals surface area contributed by atoms with Gasteiger partial charge in [-0.3, -0.25) is 5.43 Å². The number of para-hydroxylation sites is 1. The first-order chi connectivity index (χ1) is 12.8. The zero-order valence-corrected chi connectivity index (χ0v) is 17.4. The summed E-state index contributed by atoms with van der Waals surface area (Å²) in [4.78, 5) is 2.20. The van der Waals surface area contributed by atoms with Crippen molar-refractivity contribution in [3.63, 3.8) is 0 Å². The van der Waals surface area contributed by atoms with Crippen LogP contribution in [0.3, 0.4) is 0 Å². The van der Waals surface area contributed by atoms with Crippen LogP contribution in [0, 0.1) is 6.92 Å². The van der Waals surface area contributed by atoms with Crippen LogP contribution in [-0.2, 0) is 5.41 Å². The number of thiocarbonyl (C=S) groups is 1. The van der Waals surface area contributed by atoms with Crippen molar-refractivity contribution in [3.05, 3.63) is 70.4 Å². The molecule has 0 aromatic heterocycles. The lowest BCUT2D eigenvalue weighted by Gasteiger charge is -2.23. The molecule has 0 spiro atoms. The maximum atomic E-state index is 6.13. The lowest BCUT2D eigenvalue weighted by atomic mass is 9.84. The minimum Gasteiger partial charge on any atom is -0.347 e. The highest BCUT2D eigenvalue weighted by atomic mass is 35.5. The SMILES string of the molecule is Cc1c(Cl)cccc1NC(=S)N/N=C\C=C1/N(C)c2ccccc2C1(C)C. The van der Waals surface area contributed by atoms with Crippen molar-refractivity contribution in [2.75, 3.05) is 17.3 Å². The van der Waals surface area contributed by atoms with E-state index in [9.17, 15) is 0 Å². The summed E-state index contributed by atoms with van der Waals surface area (Å²) in [7, 11) is 2.08. The van der Waals surface area contributed by atoms with E-state index in [4.69, 9.17) is 23.8 Å². The first kappa shape index (κ1) is 19.4. The summed E-state index contributed by atoms with van der Waals surface area (Å²) in [6, 6.07) is 14.1. The molecule has 1 aliphatic rings. The molecule has 2 N–H and O–H groups in total. The standard InChI is InChI=1S/C21H23ClN4S/c1-14-16(22)9-7-10-17(14)24-20(27)25-23-13-12-19-21(2,3)15-8-5-6-11-18(15)26(19)4/h5-13H,1-4H3,(H2,24,25,27)/b19-12-,23-13-. The predicted octanol–water partition coefficient (Wildman–Crippen LogP) is 5.23. The number of hydrogen-bond donors (Lipinski definition) is 2. The zero-order valence-electron chi connectivity index (χ0n) is 15.9. The van der Waals surface area contributed by atoms with Crippen molar-refractivity contribution in [1.29, 1.82) is 0 Å². The van der Waals surface area contributed by atoms with Crippen LogP contribution in [0.5, 0.6) is 0 Å². The Morgan fingerprint density at radius 3 is 2.67 bits per heavy atom. The Labute approximate surface area is 170 Å². The Hall–Kier alpha value is -2.37. The van der Waals surface area contributed by atoms with Gasteiger partial charge in [-0.25, -0.2) is 0 Å². The van der Waals surface area contributed by atoms with Gasteiger partial charge in [-0.2, -0.15) is 5.10 Å². The van der Waals surface area contributed by atoms with Crippen molar-refractivity contribution in [1.82, 2.24) is 5.43 Å². The van der Waals surface area contributed by atoms with Crippen LogP contribution in [0.2, 0.25) is 5.02 Å². The molecule has 0 aliphatic carbocycles. The molecule has 2 aromatic carbocycles. The number of allylic oxidation sites excluding steroid dienone is 2. The Morgan fingerprint density at radius 1 is 1.19 bits per heavy atom. The second-order valence-electron chi connectivity index (χ2n) is 7.01. The summed E-state index contributed by atoms with van der Waals surface area (Å²) in [6.45, 7) is 6.38. The molecule has 140 valence electrons. The number of hydrazone groups is 1. The van der Waals surface area contributed by atoms with Gasteiger partial charge in [-0.05, 0) is 54.5 Å². The van der Waals surface area contributed by atoms with E-state index in [-0.39, 0.29) is 5.41 Å². The Morgan fingerprint density at radius 2 is 1.93 bits per heavy atom. The van der Waals surface area contributed by atoms with Gasteiger partial charge < -0.3 is 10.2 Å². The molecule has 3 rings (SSSR count). The van der Waals surface area contributed by atoms with E-state index in [1.54, 1.807) is 6.21 Å². The van der Waals surface area contributed by atoms with Gasteiger partial charge in [0, 0.05) is 40.8 Å². The predicted molar refractivity (Wildman–Crippen MR) is 120 cm³/mol. The third-order valence-electron chi connectivity index (χ3n) is 4.93. The molecule has 6 heteroatoms. The highest BCUT2D eigenvalue weighted by Crippen LogP contribution is 2.46. The van der Waals surface area contributed by atoms with E-state index in [1.165, 1.54) is 16.9 Å². The smallest absolute Gasteiger partial charge is 0.191 e. The highest BCUT2D eigenvalue weighted by Gasteiger charge is 2.37. The summed E-state index contributed by atoms with van der Waals surface area (Å²) in [6.07, 6.45) is 3.75. The zero-order chi connectivity index (χ0) is 19.6. The van der Waals surface area contributed by atoms with Gasteiger partial charge in [0.25, 0.3) is 0 Å². The molecule has 0 saturated carbocycles. The fourth-order valence-electron chi connectivity index (χ4n) is 3.40. The second-order valence-corrected chi connectivity index (χ2v) is 7.83. The van der Waals surface area contributed by atoms with E-state index in [0.717, 1.165) is 11.3 Å². The molecule has 27 heavy (non-hydrogen) atoms. The Kier molecular flexibility index (Phi) is 5.53. The van der Waals surface area contributed by atoms with Crippen molar-refractivity contribution < 1.29 is 0 Å². The molecular weight excluding hydrogens is 376 g/mol. The molecule has 0 saturated heterocycles. The molecular formula is C21H23ClN4S. The van der Waals surface area contributed by atoms with E-state index in [1.807, 2.05) is 31.2 Å². The van der Waals surface area contributed by atoms with Crippen molar-refractivity contribution in [2.45, 2.75) is 26.2 Å². The Balaban J connectivity index is 1.67. The average Bonchev–Trinajstić information content (AvgIpc) is 2.83. The first-order valence-electron chi connectivity index (χ1n) is 8.71. The van der Waals surface area contributed by atoms with Crippen LogP contribution < -0.4 is 15.6 Å². The molecule has 0 amide bonds. The molecule has 2 aromatic rings. The summed E-state index contributed by atoms with van der Waals surface area (Å²) >= 11 is 11.4. The minimum absolute atomic E-state index is 0.0754. The van der Waals surface area contributed by atoms with E-state index < -0.39 is 0 Å². The number of hydrogen-bond acceptors (Lipinski definition) is 3. The van der Waals surface area contributed by atoms with Crippen molar-refractivity contribution >= 4 is 46.5 Å². The van der Waals surface area contributed by atoms with Crippen LogP contribution in [0.4, 0.5) is 11.4 Å². The van der Waals surface area contributed by atoms with Crippen LogP contribution >= 0.6 is 23.8 Å². The maximum Gasteiger partial charge on any atom is 0.191 e. The fourth-order valence-corrected chi connectivity index (χ4v) is 3.74. The van der Waals surface area contributed by atoms with Gasteiger partial charge in [-0.1, -0.05) is 49.7 Å². The normalized spacial score (nSPS) is 16.6. The monoisotopic (exact) mass is 398 g/mol. The summed E-state index contributed by atoms with van der Waals surface area (Å²) in [5.74, 6) is 0. The molecule has 0 atom stereocenters. The van der Waals surface area contributed by atoms with E-state index in [2.05, 4.69) is 65.9 Å². The quantitative estimate of drug-likeness (QED) is 0.421. The number of fused-ring (bicyclic) bond motifs is 1. The average molecular weight is 399 g/mol. The number of halogens is 1. The number of anilines is 2. The van der Waals surface area contributed by atoms with Gasteiger partial charge in [0.05, 0.1) is 0 Å². The van der Waals surface area contributed by atoms with Crippen LogP contribution in [0.1, 0.15) is 25.0 Å². The van der Waals surface area contributed by atoms with Crippen LogP contribution in [0.25, 0.3) is 0 Å². The summed E-state index contributed by atoms with van der Waals surface area (Å²) < 4.78 is 0. The molecule has 0 unspecified atom stereocenters. The lowest BCUT2D eigenvalue weighted by Crippen LogP contribution is -2.25. The minimum atomic E-state index is -0.0754. The number of nitrogens with zero attached hydrogens (tertiary/aromatic N) is 2. The van der Waals surface area contributed by atoms with Crippen LogP contribution in [0.15, 0.2) is 59.3 Å². The van der Waals surface area contributed by atoms with Gasteiger partial charge in [0.15, 0.2) is 5.11 Å². The highest BCUT2D eigenvalue weighted by molar-refractivity contribution is 7.80. The van der Waals surface area contributed by atoms with Gasteiger partial charge in [0.2, 0.25) is 0 Å². The molecule has 0 radical (unpaired) electrons. The fraction of sp³-hybridized carbons (Fsp3) is 0.238. The molecule has 4 nitrogen and oxygen atoms in total. The number of benzene rings is 2. The van der Waals surface area contributed by atoms with Crippen molar-refractivity contribution in [3.8, 4) is 0 Å². The third kappa shape index (κ3) is 3.84. The topological polar surface area (TPSA) is 39.7 Å². The lowest BCUT2D eigenvalue weighted by molar-refractivity contribution is 0.641. The van der Waals surface area contributed by atoms with Gasteiger partial charge in [-0.15, -0.1) is 0 Å². The molecule has 1 aliphatic heterocycles. The van der Waals surface area contributed by atoms with Crippen molar-refractivity contribution in [2.24, 2.45) is 5.10 Å². The number of likely N-dealkylation sites (N-methyl/N-ethyl adjacent to an activating group) is 1. The van der Waals surface area contributed by atoms with Gasteiger partial charge >= 0.3 is 0 Å². The number of rotatable bonds is 3. The van der Waals surface area contributed by atoms with Gasteiger partial charge in [0.1, 0.15) is 0 Å². The first-order valence-corrected chi connectivity index (χ1v) is 9.50. The maximum absolute atomic E-state index is 6.13. The molecule has 0 fully saturated rings. The molecule has 1 heterocycles. The van der Waals surface area contributed by atoms with E-state index in [0.29, 0.717) is 10.1 Å². The van der Waals surface area contributed by atoms with Crippen LogP contribution in [-0.4, -0.2) is 18.4 Å². The Bertz CT molecular complexity index is 934.